The minimum Gasteiger partial charge on any atom is -0.396 e. The summed E-state index contributed by atoms with van der Waals surface area (Å²) in [6.07, 6.45) is 7.18. The normalized spacial score (nSPS) is 27.9. The van der Waals surface area contributed by atoms with Gasteiger partial charge in [-0.15, -0.1) is 0 Å². The van der Waals surface area contributed by atoms with Gasteiger partial charge in [0.15, 0.2) is 0 Å². The molecule has 1 aliphatic heterocycles. The molecule has 1 atom stereocenters. The predicted octanol–water partition coefficient (Wildman–Crippen LogP) is 1.22. The molecule has 17 heavy (non-hydrogen) atoms. The average Bonchev–Trinajstić information content (AvgIpc) is 2.91. The zero-order chi connectivity index (χ0) is 12.1. The van der Waals surface area contributed by atoms with Gasteiger partial charge in [0.25, 0.3) is 0 Å². The summed E-state index contributed by atoms with van der Waals surface area (Å²) in [5.74, 6) is 0.000832. The Bertz CT molecular complexity index is 255. The van der Waals surface area contributed by atoms with Crippen molar-refractivity contribution in [1.29, 1.82) is 0 Å². The monoisotopic (exact) mass is 241 g/mol. The fourth-order valence-corrected chi connectivity index (χ4v) is 2.87. The van der Waals surface area contributed by atoms with Gasteiger partial charge >= 0.3 is 0 Å². The maximum atomic E-state index is 11.8. The van der Waals surface area contributed by atoms with Crippen LogP contribution in [-0.2, 0) is 9.53 Å². The molecule has 4 heteroatoms. The third-order valence-corrected chi connectivity index (χ3v) is 4.11. The molecular weight excluding hydrogens is 218 g/mol. The molecule has 0 aromatic rings. The predicted molar refractivity (Wildman–Crippen MR) is 64.6 cm³/mol. The summed E-state index contributed by atoms with van der Waals surface area (Å²) in [4.78, 5) is 11.8. The van der Waals surface area contributed by atoms with Gasteiger partial charge in [-0.2, -0.15) is 0 Å². The summed E-state index contributed by atoms with van der Waals surface area (Å²) in [5, 5.41) is 12.5. The van der Waals surface area contributed by atoms with Crippen LogP contribution in [-0.4, -0.2) is 36.9 Å². The number of carbonyl (C=O) groups is 1. The van der Waals surface area contributed by atoms with E-state index in [9.17, 15) is 9.90 Å². The number of carbonyl (C=O) groups excluding carboxylic acids is 1. The molecule has 2 aliphatic rings. The van der Waals surface area contributed by atoms with E-state index in [1.807, 2.05) is 0 Å². The molecule has 0 bridgehead atoms. The lowest BCUT2D eigenvalue weighted by molar-refractivity contribution is -0.130. The molecule has 0 aromatic heterocycles. The molecule has 98 valence electrons. The quantitative estimate of drug-likeness (QED) is 0.778. The van der Waals surface area contributed by atoms with Crippen molar-refractivity contribution in [1.82, 2.24) is 5.32 Å². The highest BCUT2D eigenvalue weighted by molar-refractivity contribution is 5.80. The Morgan fingerprint density at radius 3 is 2.65 bits per heavy atom. The highest BCUT2D eigenvalue weighted by atomic mass is 16.5. The maximum absolute atomic E-state index is 11.8. The molecule has 0 unspecified atom stereocenters. The minimum atomic E-state index is -0.255. The van der Waals surface area contributed by atoms with Crippen LogP contribution in [0.2, 0.25) is 0 Å². The molecule has 2 rings (SSSR count). The largest absolute Gasteiger partial charge is 0.396 e. The maximum Gasteiger partial charge on any atom is 0.249 e. The summed E-state index contributed by atoms with van der Waals surface area (Å²) < 4.78 is 5.35. The van der Waals surface area contributed by atoms with Gasteiger partial charge in [-0.1, -0.05) is 19.3 Å². The molecule has 0 aromatic carbocycles. The Labute approximate surface area is 103 Å². The number of ether oxygens (including phenoxy) is 1. The van der Waals surface area contributed by atoms with E-state index in [0.29, 0.717) is 13.2 Å². The molecule has 1 aliphatic carbocycles. The molecule has 1 saturated carbocycles. The first kappa shape index (κ1) is 12.8. The fourth-order valence-electron chi connectivity index (χ4n) is 2.87. The second-order valence-corrected chi connectivity index (χ2v) is 5.44. The van der Waals surface area contributed by atoms with Crippen LogP contribution in [0.5, 0.6) is 0 Å². The minimum absolute atomic E-state index is 0.000832. The summed E-state index contributed by atoms with van der Waals surface area (Å²) in [6, 6.07) is 0. The molecule has 4 nitrogen and oxygen atoms in total. The molecule has 1 amide bonds. The Hall–Kier alpha value is -0.610. The van der Waals surface area contributed by atoms with E-state index >= 15 is 0 Å². The van der Waals surface area contributed by atoms with E-state index in [2.05, 4.69) is 5.32 Å². The van der Waals surface area contributed by atoms with Crippen LogP contribution in [0, 0.1) is 5.41 Å². The van der Waals surface area contributed by atoms with Crippen LogP contribution in [0.1, 0.15) is 44.9 Å². The Morgan fingerprint density at radius 2 is 2.06 bits per heavy atom. The number of nitrogens with one attached hydrogen (secondary N) is 1. The van der Waals surface area contributed by atoms with E-state index in [4.69, 9.17) is 4.74 Å². The van der Waals surface area contributed by atoms with Crippen molar-refractivity contribution in [2.45, 2.75) is 51.0 Å². The zero-order valence-corrected chi connectivity index (χ0v) is 10.4. The number of rotatable bonds is 4. The van der Waals surface area contributed by atoms with Crippen molar-refractivity contribution in [2.75, 3.05) is 19.8 Å². The molecule has 1 heterocycles. The summed E-state index contributed by atoms with van der Waals surface area (Å²) in [7, 11) is 0. The third-order valence-electron chi connectivity index (χ3n) is 4.11. The van der Waals surface area contributed by atoms with Crippen LogP contribution in [0.3, 0.4) is 0 Å². The van der Waals surface area contributed by atoms with Crippen LogP contribution >= 0.6 is 0 Å². The van der Waals surface area contributed by atoms with Gasteiger partial charge in [-0.05, 0) is 25.7 Å². The lowest BCUT2D eigenvalue weighted by Crippen LogP contribution is -2.44. The zero-order valence-electron chi connectivity index (χ0n) is 10.4. The summed E-state index contributed by atoms with van der Waals surface area (Å²) in [5.41, 5.74) is -0.0769. The Kier molecular flexibility index (Phi) is 4.40. The number of aliphatic hydroxyl groups excluding tert-OH is 1. The van der Waals surface area contributed by atoms with Crippen molar-refractivity contribution >= 4 is 5.91 Å². The third kappa shape index (κ3) is 3.19. The van der Waals surface area contributed by atoms with Crippen LogP contribution in [0.15, 0.2) is 0 Å². The molecule has 2 fully saturated rings. The van der Waals surface area contributed by atoms with E-state index in [1.54, 1.807) is 0 Å². The topological polar surface area (TPSA) is 58.6 Å². The first-order valence-electron chi connectivity index (χ1n) is 6.76. The summed E-state index contributed by atoms with van der Waals surface area (Å²) >= 11 is 0. The van der Waals surface area contributed by atoms with Crippen molar-refractivity contribution in [3.8, 4) is 0 Å². The Balaban J connectivity index is 1.80. The number of aliphatic hydroxyl groups is 1. The molecule has 2 N–H and O–H groups in total. The summed E-state index contributed by atoms with van der Waals surface area (Å²) in [6.45, 7) is 1.48. The first-order chi connectivity index (χ1) is 8.26. The number of hydrogen-bond donors (Lipinski definition) is 2. The smallest absolute Gasteiger partial charge is 0.249 e. The van der Waals surface area contributed by atoms with Crippen molar-refractivity contribution in [2.24, 2.45) is 5.41 Å². The first-order valence-corrected chi connectivity index (χ1v) is 6.76. The van der Waals surface area contributed by atoms with Gasteiger partial charge in [0, 0.05) is 18.6 Å². The van der Waals surface area contributed by atoms with Gasteiger partial charge in [0.2, 0.25) is 5.91 Å². The van der Waals surface area contributed by atoms with E-state index in [1.165, 1.54) is 6.42 Å². The van der Waals surface area contributed by atoms with Gasteiger partial charge in [0.1, 0.15) is 6.10 Å². The van der Waals surface area contributed by atoms with Crippen molar-refractivity contribution in [3.63, 3.8) is 0 Å². The van der Waals surface area contributed by atoms with Crippen molar-refractivity contribution < 1.29 is 14.6 Å². The highest BCUT2D eigenvalue weighted by Gasteiger charge is 2.33. The van der Waals surface area contributed by atoms with Crippen LogP contribution < -0.4 is 5.32 Å². The number of amides is 1. The highest BCUT2D eigenvalue weighted by Crippen LogP contribution is 2.35. The van der Waals surface area contributed by atoms with Crippen molar-refractivity contribution in [3.05, 3.63) is 0 Å². The fraction of sp³-hybridized carbons (Fsp3) is 0.923. The van der Waals surface area contributed by atoms with Gasteiger partial charge < -0.3 is 15.2 Å². The molecular formula is C13H23NO3. The van der Waals surface area contributed by atoms with Crippen LogP contribution in [0.4, 0.5) is 0 Å². The second kappa shape index (κ2) is 5.83. The van der Waals surface area contributed by atoms with Gasteiger partial charge in [0.05, 0.1) is 6.61 Å². The molecule has 0 spiro atoms. The Morgan fingerprint density at radius 1 is 1.29 bits per heavy atom. The second-order valence-electron chi connectivity index (χ2n) is 5.44. The SMILES string of the molecule is O=C(NCC1(CO)CCCCC1)[C@@H]1CCCO1. The van der Waals surface area contributed by atoms with Gasteiger partial charge in [-0.3, -0.25) is 4.79 Å². The lowest BCUT2D eigenvalue weighted by Gasteiger charge is -2.35. The van der Waals surface area contributed by atoms with E-state index in [0.717, 1.165) is 38.5 Å². The molecule has 1 saturated heterocycles. The molecule has 0 radical (unpaired) electrons. The lowest BCUT2D eigenvalue weighted by atomic mass is 9.74. The van der Waals surface area contributed by atoms with E-state index in [-0.39, 0.29) is 24.0 Å². The average molecular weight is 241 g/mol. The van der Waals surface area contributed by atoms with Crippen LogP contribution in [0.25, 0.3) is 0 Å². The number of hydrogen-bond acceptors (Lipinski definition) is 3. The standard InChI is InChI=1S/C13H23NO3/c15-10-13(6-2-1-3-7-13)9-14-12(16)11-5-4-8-17-11/h11,15H,1-10H2,(H,14,16)/t11-/m0/s1. The van der Waals surface area contributed by atoms with Gasteiger partial charge in [-0.25, -0.2) is 0 Å². The van der Waals surface area contributed by atoms with E-state index < -0.39 is 0 Å².